The van der Waals surface area contributed by atoms with Crippen LogP contribution in [0.25, 0.3) is 11.3 Å². The third-order valence-electron chi connectivity index (χ3n) is 4.46. The van der Waals surface area contributed by atoms with Crippen molar-refractivity contribution in [1.82, 2.24) is 9.99 Å². The number of aromatic nitrogens is 1. The zero-order valence-corrected chi connectivity index (χ0v) is 18.1. The summed E-state index contributed by atoms with van der Waals surface area (Å²) in [7, 11) is 0. The molecule has 0 aliphatic rings. The van der Waals surface area contributed by atoms with Crippen molar-refractivity contribution >= 4 is 40.6 Å². The molecular formula is C23H17ClN4O3S. The average molecular weight is 465 g/mol. The van der Waals surface area contributed by atoms with E-state index in [1.54, 1.807) is 66.0 Å². The van der Waals surface area contributed by atoms with Gasteiger partial charge in [-0.15, -0.1) is 16.4 Å². The molecule has 0 fully saturated rings. The van der Waals surface area contributed by atoms with Crippen LogP contribution in [0.2, 0.25) is 5.02 Å². The Morgan fingerprint density at radius 3 is 2.31 bits per heavy atom. The van der Waals surface area contributed by atoms with Gasteiger partial charge in [0.15, 0.2) is 0 Å². The molecule has 0 atom stereocenters. The van der Waals surface area contributed by atoms with Gasteiger partial charge in [0.1, 0.15) is 5.75 Å². The molecule has 0 unspecified atom stereocenters. The van der Waals surface area contributed by atoms with E-state index in [9.17, 15) is 14.7 Å². The number of hydrogen-bond acceptors (Lipinski definition) is 5. The lowest BCUT2D eigenvalue weighted by Crippen LogP contribution is -2.31. The van der Waals surface area contributed by atoms with Crippen LogP contribution in [0, 0.1) is 0 Å². The Morgan fingerprint density at radius 1 is 0.938 bits per heavy atom. The summed E-state index contributed by atoms with van der Waals surface area (Å²) >= 11 is 7.11. The molecule has 4 aromatic rings. The first-order valence-electron chi connectivity index (χ1n) is 9.47. The average Bonchev–Trinajstić information content (AvgIpc) is 3.24. The maximum atomic E-state index is 13.2. The zero-order chi connectivity index (χ0) is 22.5. The van der Waals surface area contributed by atoms with Crippen molar-refractivity contribution in [1.29, 1.82) is 0 Å². The van der Waals surface area contributed by atoms with Crippen LogP contribution >= 0.6 is 22.9 Å². The third kappa shape index (κ3) is 4.88. The highest BCUT2D eigenvalue weighted by atomic mass is 35.5. The molecule has 9 heteroatoms. The molecule has 0 spiro atoms. The van der Waals surface area contributed by atoms with E-state index in [0.717, 1.165) is 0 Å². The van der Waals surface area contributed by atoms with Gasteiger partial charge >= 0.3 is 6.03 Å². The number of carbonyl (C=O) groups excluding carboxylic acids is 2. The lowest BCUT2D eigenvalue weighted by molar-refractivity contribution is 0.0953. The highest BCUT2D eigenvalue weighted by Crippen LogP contribution is 2.23. The first kappa shape index (κ1) is 21.4. The van der Waals surface area contributed by atoms with E-state index in [1.165, 1.54) is 28.0 Å². The van der Waals surface area contributed by atoms with Crippen LogP contribution in [0.5, 0.6) is 5.75 Å². The predicted molar refractivity (Wildman–Crippen MR) is 125 cm³/mol. The Morgan fingerprint density at radius 2 is 1.62 bits per heavy atom. The molecule has 1 aromatic heterocycles. The van der Waals surface area contributed by atoms with Gasteiger partial charge in [-0.2, -0.15) is 0 Å². The molecule has 1 heterocycles. The first-order chi connectivity index (χ1) is 15.5. The summed E-state index contributed by atoms with van der Waals surface area (Å²) in [5.41, 5.74) is 4.74. The van der Waals surface area contributed by atoms with E-state index in [2.05, 4.69) is 15.8 Å². The van der Waals surface area contributed by atoms with Crippen LogP contribution in [0.1, 0.15) is 10.4 Å². The molecule has 0 saturated heterocycles. The Hall–Kier alpha value is -3.88. The number of nitrogens with one attached hydrogen (secondary N) is 2. The van der Waals surface area contributed by atoms with E-state index >= 15 is 0 Å². The van der Waals surface area contributed by atoms with Crippen LogP contribution in [-0.2, 0) is 0 Å². The summed E-state index contributed by atoms with van der Waals surface area (Å²) in [5, 5.41) is 18.9. The van der Waals surface area contributed by atoms with Gasteiger partial charge in [-0.25, -0.2) is 14.8 Å². The van der Waals surface area contributed by atoms with E-state index < -0.39 is 11.9 Å². The summed E-state index contributed by atoms with van der Waals surface area (Å²) in [6, 6.07) is 21.3. The number of aromatic hydroxyl groups is 1. The van der Waals surface area contributed by atoms with Crippen molar-refractivity contribution in [2.75, 3.05) is 5.32 Å². The molecule has 4 rings (SSSR count). The van der Waals surface area contributed by atoms with Crippen molar-refractivity contribution in [3.8, 4) is 17.0 Å². The van der Waals surface area contributed by atoms with Gasteiger partial charge in [0.25, 0.3) is 5.91 Å². The summed E-state index contributed by atoms with van der Waals surface area (Å²) < 4.78 is 1.36. The minimum absolute atomic E-state index is 0.112. The summed E-state index contributed by atoms with van der Waals surface area (Å²) in [6.07, 6.45) is 0. The number of nitrogens with zero attached hydrogens (tertiary/aromatic N) is 2. The first-order valence-corrected chi connectivity index (χ1v) is 10.7. The van der Waals surface area contributed by atoms with Gasteiger partial charge in [-0.05, 0) is 66.2 Å². The lowest BCUT2D eigenvalue weighted by atomic mass is 10.1. The van der Waals surface area contributed by atoms with Gasteiger partial charge in [0.2, 0.25) is 4.80 Å². The van der Waals surface area contributed by atoms with Gasteiger partial charge in [0, 0.05) is 21.7 Å². The molecule has 0 saturated carbocycles. The molecular weight excluding hydrogens is 448 g/mol. The molecule has 160 valence electrons. The Labute approximate surface area is 192 Å². The number of rotatable bonds is 4. The van der Waals surface area contributed by atoms with Gasteiger partial charge in [-0.3, -0.25) is 4.79 Å². The topological polar surface area (TPSA) is 95.7 Å². The number of amides is 2. The molecule has 0 radical (unpaired) electrons. The minimum atomic E-state index is -0.468. The second-order valence-corrected chi connectivity index (χ2v) is 7.91. The van der Waals surface area contributed by atoms with E-state index in [-0.39, 0.29) is 10.6 Å². The van der Waals surface area contributed by atoms with Gasteiger partial charge in [0.05, 0.1) is 5.69 Å². The van der Waals surface area contributed by atoms with E-state index in [1.807, 2.05) is 6.07 Å². The zero-order valence-electron chi connectivity index (χ0n) is 16.5. The fraction of sp³-hybridized carbons (Fsp3) is 0. The Bertz CT molecular complexity index is 1310. The standard InChI is InChI=1S/C23H17ClN4O3S/c24-17-8-10-18(11-9-17)25-22(31)28-20(15-6-12-19(29)13-7-15)14-32-23(28)27-26-21(30)16-4-2-1-3-5-16/h1-14,29H,(H,25,31)(H,26,30)/b27-23-. The van der Waals surface area contributed by atoms with Crippen LogP contribution in [0.15, 0.2) is 89.3 Å². The van der Waals surface area contributed by atoms with Crippen molar-refractivity contribution in [3.63, 3.8) is 0 Å². The number of anilines is 1. The second-order valence-electron chi connectivity index (χ2n) is 6.64. The fourth-order valence-electron chi connectivity index (χ4n) is 2.88. The summed E-state index contributed by atoms with van der Waals surface area (Å²) in [4.78, 5) is 25.8. The molecule has 7 nitrogen and oxygen atoms in total. The SMILES string of the molecule is O=C(N/N=c1\scc(-c2ccc(O)cc2)n1C(=O)Nc1ccc(Cl)cc1)c1ccccc1. The largest absolute Gasteiger partial charge is 0.508 e. The molecule has 0 aliphatic carbocycles. The number of hydrogen-bond donors (Lipinski definition) is 3. The maximum absolute atomic E-state index is 13.2. The number of carbonyl (C=O) groups is 2. The highest BCUT2D eigenvalue weighted by Gasteiger charge is 2.16. The van der Waals surface area contributed by atoms with Crippen LogP contribution < -0.4 is 15.5 Å². The molecule has 3 aromatic carbocycles. The number of thiazole rings is 1. The number of halogens is 1. The Balaban J connectivity index is 1.71. The monoisotopic (exact) mass is 464 g/mol. The van der Waals surface area contributed by atoms with E-state index in [4.69, 9.17) is 11.6 Å². The minimum Gasteiger partial charge on any atom is -0.508 e. The maximum Gasteiger partial charge on any atom is 0.332 e. The fourth-order valence-corrected chi connectivity index (χ4v) is 3.85. The smallest absolute Gasteiger partial charge is 0.332 e. The third-order valence-corrected chi connectivity index (χ3v) is 5.54. The van der Waals surface area contributed by atoms with Gasteiger partial charge in [-0.1, -0.05) is 29.8 Å². The van der Waals surface area contributed by atoms with Crippen LogP contribution in [-0.4, -0.2) is 21.6 Å². The number of benzene rings is 3. The molecule has 0 aliphatic heterocycles. The quantitative estimate of drug-likeness (QED) is 0.375. The number of phenols is 1. The van der Waals surface area contributed by atoms with Crippen LogP contribution in [0.4, 0.5) is 10.5 Å². The molecule has 32 heavy (non-hydrogen) atoms. The van der Waals surface area contributed by atoms with Crippen molar-refractivity contribution in [2.24, 2.45) is 5.10 Å². The summed E-state index contributed by atoms with van der Waals surface area (Å²) in [5.74, 6) is -0.281. The molecule has 0 bridgehead atoms. The molecule has 3 N–H and O–H groups in total. The normalized spacial score (nSPS) is 11.2. The van der Waals surface area contributed by atoms with Crippen molar-refractivity contribution in [3.05, 3.63) is 99.6 Å². The second kappa shape index (κ2) is 9.51. The predicted octanol–water partition coefficient (Wildman–Crippen LogP) is 4.90. The molecule has 2 amide bonds. The number of phenolic OH excluding ortho intramolecular Hbond substituents is 1. The summed E-state index contributed by atoms with van der Waals surface area (Å²) in [6.45, 7) is 0. The lowest BCUT2D eigenvalue weighted by Gasteiger charge is -2.10. The van der Waals surface area contributed by atoms with Crippen molar-refractivity contribution in [2.45, 2.75) is 0 Å². The van der Waals surface area contributed by atoms with Gasteiger partial charge < -0.3 is 10.4 Å². The highest BCUT2D eigenvalue weighted by molar-refractivity contribution is 7.07. The van der Waals surface area contributed by atoms with Crippen molar-refractivity contribution < 1.29 is 14.7 Å². The van der Waals surface area contributed by atoms with Crippen LogP contribution in [0.3, 0.4) is 0 Å². The Kier molecular flexibility index (Phi) is 6.34. The van der Waals surface area contributed by atoms with E-state index in [0.29, 0.717) is 27.5 Å².